The summed E-state index contributed by atoms with van der Waals surface area (Å²) in [6.45, 7) is 2.74. The monoisotopic (exact) mass is 394 g/mol. The van der Waals surface area contributed by atoms with Crippen LogP contribution in [0.15, 0.2) is 30.3 Å². The van der Waals surface area contributed by atoms with Gasteiger partial charge in [0.1, 0.15) is 0 Å². The minimum Gasteiger partial charge on any atom is -0.465 e. The van der Waals surface area contributed by atoms with E-state index < -0.39 is 17.8 Å². The van der Waals surface area contributed by atoms with E-state index in [4.69, 9.17) is 0 Å². The van der Waals surface area contributed by atoms with Crippen molar-refractivity contribution < 1.29 is 23.1 Å². The van der Waals surface area contributed by atoms with Crippen LogP contribution in [0.3, 0.4) is 0 Å². The van der Waals surface area contributed by atoms with Crippen LogP contribution in [-0.4, -0.2) is 52.5 Å². The number of likely N-dealkylation sites (N-methyl/N-ethyl adjacent to an activating group) is 1. The average molecular weight is 394 g/mol. The fourth-order valence-electron chi connectivity index (χ4n) is 3.38. The summed E-state index contributed by atoms with van der Waals surface area (Å²) in [5.41, 5.74) is 1.14. The number of aryl methyl sites for hydroxylation is 1. The van der Waals surface area contributed by atoms with E-state index in [9.17, 15) is 23.1 Å². The molecule has 1 aliphatic heterocycles. The summed E-state index contributed by atoms with van der Waals surface area (Å²) in [4.78, 5) is 14.5. The van der Waals surface area contributed by atoms with Crippen molar-refractivity contribution in [3.63, 3.8) is 0 Å². The number of carbonyl (C=O) groups is 1. The summed E-state index contributed by atoms with van der Waals surface area (Å²) in [7, 11) is 1.84. The second-order valence-corrected chi connectivity index (χ2v) is 6.94. The first-order valence-electron chi connectivity index (χ1n) is 8.89. The molecule has 1 fully saturated rings. The molecular weight excluding hydrogens is 373 g/mol. The topological polar surface area (TPSA) is 69.6 Å². The molecule has 1 atom stereocenters. The third-order valence-corrected chi connectivity index (χ3v) is 5.03. The molecule has 2 heterocycles. The standard InChI is InChI=1S/C19H21F3N4O2/c1-12-10-16(25(2)15-4-3-9-26(11-15)18(27)28)23-24-17(12)13-5-7-14(8-6-13)19(20,21)22/h5-8,10,15H,3-4,9,11H2,1-2H3,(H,27,28)/t15-/m1/s1. The van der Waals surface area contributed by atoms with E-state index in [-0.39, 0.29) is 6.04 Å². The van der Waals surface area contributed by atoms with Gasteiger partial charge in [0.15, 0.2) is 5.82 Å². The number of likely N-dealkylation sites (tertiary alicyclic amines) is 1. The van der Waals surface area contributed by atoms with Crippen molar-refractivity contribution >= 4 is 11.9 Å². The predicted octanol–water partition coefficient (Wildman–Crippen LogP) is 4.05. The Bertz CT molecular complexity index is 855. The van der Waals surface area contributed by atoms with Gasteiger partial charge in [0, 0.05) is 31.7 Å². The van der Waals surface area contributed by atoms with Crippen LogP contribution in [0.4, 0.5) is 23.8 Å². The zero-order chi connectivity index (χ0) is 20.5. The van der Waals surface area contributed by atoms with E-state index >= 15 is 0 Å². The van der Waals surface area contributed by atoms with Gasteiger partial charge in [-0.05, 0) is 43.5 Å². The van der Waals surface area contributed by atoms with E-state index in [2.05, 4.69) is 10.2 Å². The zero-order valence-corrected chi connectivity index (χ0v) is 15.6. The Kier molecular flexibility index (Phi) is 5.44. The van der Waals surface area contributed by atoms with Gasteiger partial charge in [-0.2, -0.15) is 13.2 Å². The molecule has 0 aliphatic carbocycles. The molecule has 1 saturated heterocycles. The second-order valence-electron chi connectivity index (χ2n) is 6.94. The maximum Gasteiger partial charge on any atom is 0.416 e. The second kappa shape index (κ2) is 7.65. The number of hydrogen-bond donors (Lipinski definition) is 1. The lowest BCUT2D eigenvalue weighted by Crippen LogP contribution is -2.48. The van der Waals surface area contributed by atoms with Crippen LogP contribution in [0, 0.1) is 6.92 Å². The number of alkyl halides is 3. The van der Waals surface area contributed by atoms with Gasteiger partial charge in [0.05, 0.1) is 11.3 Å². The lowest BCUT2D eigenvalue weighted by Gasteiger charge is -2.36. The molecule has 2 aromatic rings. The van der Waals surface area contributed by atoms with Crippen LogP contribution in [0.5, 0.6) is 0 Å². The highest BCUT2D eigenvalue weighted by Crippen LogP contribution is 2.31. The van der Waals surface area contributed by atoms with Crippen molar-refractivity contribution in [1.82, 2.24) is 15.1 Å². The fourth-order valence-corrected chi connectivity index (χ4v) is 3.38. The SMILES string of the molecule is Cc1cc(N(C)[C@@H]2CCCN(C(=O)O)C2)nnc1-c1ccc(C(F)(F)F)cc1. The molecule has 150 valence electrons. The molecule has 1 aromatic carbocycles. The highest BCUT2D eigenvalue weighted by atomic mass is 19.4. The minimum atomic E-state index is -4.38. The number of anilines is 1. The third-order valence-electron chi connectivity index (χ3n) is 5.03. The Labute approximate surface area is 160 Å². The van der Waals surface area contributed by atoms with E-state index in [1.165, 1.54) is 17.0 Å². The number of benzene rings is 1. The van der Waals surface area contributed by atoms with Gasteiger partial charge in [-0.15, -0.1) is 10.2 Å². The zero-order valence-electron chi connectivity index (χ0n) is 15.6. The van der Waals surface area contributed by atoms with Gasteiger partial charge < -0.3 is 14.9 Å². The van der Waals surface area contributed by atoms with E-state index in [1.54, 1.807) is 0 Å². The lowest BCUT2D eigenvalue weighted by atomic mass is 10.0. The van der Waals surface area contributed by atoms with Crippen LogP contribution in [0.1, 0.15) is 24.0 Å². The molecule has 0 radical (unpaired) electrons. The maximum absolute atomic E-state index is 12.7. The lowest BCUT2D eigenvalue weighted by molar-refractivity contribution is -0.137. The maximum atomic E-state index is 12.7. The molecule has 1 aromatic heterocycles. The molecule has 6 nitrogen and oxygen atoms in total. The van der Waals surface area contributed by atoms with E-state index in [0.29, 0.717) is 30.2 Å². The minimum absolute atomic E-state index is 0.00420. The molecule has 9 heteroatoms. The van der Waals surface area contributed by atoms with Gasteiger partial charge in [-0.3, -0.25) is 0 Å². The van der Waals surface area contributed by atoms with Gasteiger partial charge >= 0.3 is 12.3 Å². The molecule has 28 heavy (non-hydrogen) atoms. The summed E-state index contributed by atoms with van der Waals surface area (Å²) >= 11 is 0. The van der Waals surface area contributed by atoms with Crippen molar-refractivity contribution in [2.24, 2.45) is 0 Å². The number of halogens is 3. The van der Waals surface area contributed by atoms with Gasteiger partial charge in [0.2, 0.25) is 0 Å². The number of piperidine rings is 1. The van der Waals surface area contributed by atoms with E-state index in [0.717, 1.165) is 30.5 Å². The molecule has 1 N–H and O–H groups in total. The van der Waals surface area contributed by atoms with Gasteiger partial charge in [-0.25, -0.2) is 4.79 Å². The molecule has 0 saturated carbocycles. The molecule has 0 bridgehead atoms. The largest absolute Gasteiger partial charge is 0.465 e. The smallest absolute Gasteiger partial charge is 0.416 e. The third kappa shape index (κ3) is 4.18. The number of rotatable bonds is 3. The molecule has 1 amide bonds. The van der Waals surface area contributed by atoms with Crippen LogP contribution in [0.2, 0.25) is 0 Å². The van der Waals surface area contributed by atoms with Gasteiger partial charge in [-0.1, -0.05) is 12.1 Å². The van der Waals surface area contributed by atoms with Crippen molar-refractivity contribution in [3.8, 4) is 11.3 Å². The van der Waals surface area contributed by atoms with Crippen LogP contribution in [-0.2, 0) is 6.18 Å². The quantitative estimate of drug-likeness (QED) is 0.851. The number of aromatic nitrogens is 2. The summed E-state index contributed by atoms with van der Waals surface area (Å²) in [6.07, 6.45) is -3.69. The predicted molar refractivity (Wildman–Crippen MR) is 98.2 cm³/mol. The molecule has 1 aliphatic rings. The Morgan fingerprint density at radius 3 is 2.50 bits per heavy atom. The van der Waals surface area contributed by atoms with Gasteiger partial charge in [0.25, 0.3) is 0 Å². The molecule has 3 rings (SSSR count). The molecular formula is C19H21F3N4O2. The summed E-state index contributed by atoms with van der Waals surface area (Å²) in [5, 5.41) is 17.6. The summed E-state index contributed by atoms with van der Waals surface area (Å²) in [5.74, 6) is 0.602. The Hall–Kier alpha value is -2.84. The van der Waals surface area contributed by atoms with Crippen LogP contribution < -0.4 is 4.90 Å². The molecule has 0 unspecified atom stereocenters. The van der Waals surface area contributed by atoms with Crippen molar-refractivity contribution in [3.05, 3.63) is 41.5 Å². The van der Waals surface area contributed by atoms with Crippen LogP contribution >= 0.6 is 0 Å². The average Bonchev–Trinajstić information content (AvgIpc) is 2.67. The normalized spacial score (nSPS) is 17.5. The fraction of sp³-hybridized carbons (Fsp3) is 0.421. The Morgan fingerprint density at radius 1 is 1.25 bits per heavy atom. The highest BCUT2D eigenvalue weighted by molar-refractivity contribution is 5.66. The number of carboxylic acid groups (broad SMARTS) is 1. The number of amides is 1. The van der Waals surface area contributed by atoms with Crippen LogP contribution in [0.25, 0.3) is 11.3 Å². The van der Waals surface area contributed by atoms with Crippen molar-refractivity contribution in [1.29, 1.82) is 0 Å². The number of nitrogens with zero attached hydrogens (tertiary/aromatic N) is 4. The number of hydrogen-bond acceptors (Lipinski definition) is 4. The summed E-state index contributed by atoms with van der Waals surface area (Å²) in [6, 6.07) is 6.64. The van der Waals surface area contributed by atoms with Crippen molar-refractivity contribution in [2.45, 2.75) is 32.0 Å². The summed E-state index contributed by atoms with van der Waals surface area (Å²) < 4.78 is 38.2. The molecule has 0 spiro atoms. The Morgan fingerprint density at radius 2 is 1.93 bits per heavy atom. The first-order chi connectivity index (χ1) is 13.2. The van der Waals surface area contributed by atoms with E-state index in [1.807, 2.05) is 24.9 Å². The first-order valence-corrected chi connectivity index (χ1v) is 8.89. The highest BCUT2D eigenvalue weighted by Gasteiger charge is 2.30. The van der Waals surface area contributed by atoms with Crippen molar-refractivity contribution in [2.75, 3.05) is 25.0 Å². The first kappa shape index (κ1) is 19.9. The Balaban J connectivity index is 1.79.